The summed E-state index contributed by atoms with van der Waals surface area (Å²) >= 11 is 0. The van der Waals surface area contributed by atoms with Crippen LogP contribution < -0.4 is 10.1 Å². The van der Waals surface area contributed by atoms with E-state index in [2.05, 4.69) is 21.5 Å². The maximum Gasteiger partial charge on any atom is 0.162 e. The molecule has 0 aliphatic carbocycles. The standard InChI is InChI=1S/C28H28N6O3/c1-17-10-22(13-23(11-17)37-4)27-24(16-34(33-27)9-8-29)25-14-26(30-15-18(2)35)32-28(31-25)21-7-5-6-20(12-21)19(3)36/h5-7,10-14,16,18,35H,9,15H2,1-4H3,(H,30,31,32)/t18-/m0/s1. The Kier molecular flexibility index (Phi) is 7.60. The second-order valence-corrected chi connectivity index (χ2v) is 8.81. The van der Waals surface area contributed by atoms with Crippen LogP contribution in [-0.2, 0) is 6.54 Å². The topological polar surface area (TPSA) is 126 Å². The summed E-state index contributed by atoms with van der Waals surface area (Å²) in [5.74, 6) is 1.56. The highest BCUT2D eigenvalue weighted by Crippen LogP contribution is 2.34. The molecule has 188 valence electrons. The molecular weight excluding hydrogens is 468 g/mol. The summed E-state index contributed by atoms with van der Waals surface area (Å²) in [6.07, 6.45) is 1.20. The van der Waals surface area contributed by atoms with E-state index in [1.54, 1.807) is 49.2 Å². The van der Waals surface area contributed by atoms with Crippen molar-refractivity contribution in [1.29, 1.82) is 5.26 Å². The molecule has 4 aromatic rings. The van der Waals surface area contributed by atoms with E-state index in [1.807, 2.05) is 31.2 Å². The molecule has 0 unspecified atom stereocenters. The number of aliphatic hydroxyl groups is 1. The van der Waals surface area contributed by atoms with Crippen LogP contribution in [0.1, 0.15) is 29.8 Å². The van der Waals surface area contributed by atoms with E-state index in [4.69, 9.17) is 9.72 Å². The molecule has 0 spiro atoms. The first-order valence-corrected chi connectivity index (χ1v) is 11.8. The van der Waals surface area contributed by atoms with E-state index in [1.165, 1.54) is 6.92 Å². The van der Waals surface area contributed by atoms with Crippen molar-refractivity contribution >= 4 is 11.6 Å². The molecule has 0 aliphatic heterocycles. The first-order chi connectivity index (χ1) is 17.8. The molecule has 1 atom stereocenters. The Morgan fingerprint density at radius 3 is 2.70 bits per heavy atom. The number of nitrogens with zero attached hydrogens (tertiary/aromatic N) is 5. The van der Waals surface area contributed by atoms with Crippen LogP contribution in [0.3, 0.4) is 0 Å². The molecule has 0 radical (unpaired) electrons. The number of ether oxygens (including phenoxy) is 1. The molecule has 0 amide bonds. The number of aryl methyl sites for hydroxylation is 1. The molecule has 0 aliphatic rings. The minimum atomic E-state index is -0.586. The minimum absolute atomic E-state index is 0.0566. The third kappa shape index (κ3) is 6.00. The minimum Gasteiger partial charge on any atom is -0.497 e. The van der Waals surface area contributed by atoms with Gasteiger partial charge in [0.25, 0.3) is 0 Å². The van der Waals surface area contributed by atoms with Crippen molar-refractivity contribution < 1.29 is 14.6 Å². The van der Waals surface area contributed by atoms with Crippen molar-refractivity contribution in [2.75, 3.05) is 19.0 Å². The van der Waals surface area contributed by atoms with Crippen LogP contribution in [0, 0.1) is 18.3 Å². The van der Waals surface area contributed by atoms with E-state index >= 15 is 0 Å². The summed E-state index contributed by atoms with van der Waals surface area (Å²) in [5.41, 5.74) is 4.97. The zero-order valence-corrected chi connectivity index (χ0v) is 21.2. The van der Waals surface area contributed by atoms with E-state index in [0.29, 0.717) is 52.0 Å². The predicted octanol–water partition coefficient (Wildman–Crippen LogP) is 4.51. The summed E-state index contributed by atoms with van der Waals surface area (Å²) in [6.45, 7) is 5.53. The van der Waals surface area contributed by atoms with Gasteiger partial charge < -0.3 is 15.2 Å². The molecule has 0 fully saturated rings. The number of benzene rings is 2. The van der Waals surface area contributed by atoms with Crippen LogP contribution in [0.2, 0.25) is 0 Å². The fourth-order valence-corrected chi connectivity index (χ4v) is 3.91. The van der Waals surface area contributed by atoms with Crippen molar-refractivity contribution in [3.63, 3.8) is 0 Å². The average Bonchev–Trinajstić information content (AvgIpc) is 3.31. The molecule has 0 saturated heterocycles. The third-order valence-corrected chi connectivity index (χ3v) is 5.66. The number of nitriles is 1. The number of hydrogen-bond donors (Lipinski definition) is 2. The van der Waals surface area contributed by atoms with Gasteiger partial charge in [-0.1, -0.05) is 18.2 Å². The zero-order chi connectivity index (χ0) is 26.5. The Balaban J connectivity index is 1.92. The molecule has 2 aromatic heterocycles. The van der Waals surface area contributed by atoms with Crippen molar-refractivity contribution in [2.24, 2.45) is 0 Å². The van der Waals surface area contributed by atoms with Gasteiger partial charge in [-0.3, -0.25) is 9.48 Å². The molecule has 2 aromatic carbocycles. The normalized spacial score (nSPS) is 11.6. The smallest absolute Gasteiger partial charge is 0.162 e. The predicted molar refractivity (Wildman–Crippen MR) is 141 cm³/mol. The first kappa shape index (κ1) is 25.5. The van der Waals surface area contributed by atoms with Crippen LogP contribution in [0.5, 0.6) is 5.75 Å². The van der Waals surface area contributed by atoms with Crippen LogP contribution in [0.4, 0.5) is 5.82 Å². The summed E-state index contributed by atoms with van der Waals surface area (Å²) in [6, 6.07) is 16.9. The fourth-order valence-electron chi connectivity index (χ4n) is 3.91. The van der Waals surface area contributed by atoms with Gasteiger partial charge in [0.05, 0.1) is 25.0 Å². The Hall–Kier alpha value is -4.55. The molecule has 4 rings (SSSR count). The lowest BCUT2D eigenvalue weighted by atomic mass is 10.0. The first-order valence-electron chi connectivity index (χ1n) is 11.8. The quantitative estimate of drug-likeness (QED) is 0.324. The average molecular weight is 497 g/mol. The Bertz CT molecular complexity index is 1490. The van der Waals surface area contributed by atoms with E-state index < -0.39 is 6.10 Å². The highest BCUT2D eigenvalue weighted by Gasteiger charge is 2.19. The third-order valence-electron chi connectivity index (χ3n) is 5.66. The van der Waals surface area contributed by atoms with Gasteiger partial charge in [0.2, 0.25) is 0 Å². The molecule has 2 N–H and O–H groups in total. The highest BCUT2D eigenvalue weighted by molar-refractivity contribution is 5.95. The summed E-state index contributed by atoms with van der Waals surface area (Å²) in [4.78, 5) is 21.5. The summed E-state index contributed by atoms with van der Waals surface area (Å²) in [5, 5.41) is 26.9. The second kappa shape index (κ2) is 11.0. The largest absolute Gasteiger partial charge is 0.497 e. The number of Topliss-reactive ketones (excluding diaryl/α,β-unsaturated/α-hetero) is 1. The lowest BCUT2D eigenvalue weighted by molar-refractivity contribution is 0.101. The van der Waals surface area contributed by atoms with Gasteiger partial charge in [-0.05, 0) is 50.6 Å². The second-order valence-electron chi connectivity index (χ2n) is 8.81. The van der Waals surface area contributed by atoms with E-state index in [0.717, 1.165) is 11.1 Å². The number of carbonyl (C=O) groups excluding carboxylic acids is 1. The molecule has 9 nitrogen and oxygen atoms in total. The SMILES string of the molecule is COc1cc(C)cc(-c2nn(CC#N)cc2-c2cc(NC[C@H](C)O)nc(-c3cccc(C(C)=O)c3)n2)c1. The number of ketones is 1. The number of anilines is 1. The maximum absolute atomic E-state index is 12.0. The monoisotopic (exact) mass is 496 g/mol. The van der Waals surface area contributed by atoms with E-state index in [-0.39, 0.29) is 12.3 Å². The Morgan fingerprint density at radius 2 is 2.00 bits per heavy atom. The summed E-state index contributed by atoms with van der Waals surface area (Å²) < 4.78 is 7.03. The van der Waals surface area contributed by atoms with Gasteiger partial charge >= 0.3 is 0 Å². The van der Waals surface area contributed by atoms with Gasteiger partial charge in [0.15, 0.2) is 11.6 Å². The molecule has 0 bridgehead atoms. The van der Waals surface area contributed by atoms with Crippen molar-refractivity contribution in [1.82, 2.24) is 19.7 Å². The number of hydrogen-bond acceptors (Lipinski definition) is 8. The molecule has 37 heavy (non-hydrogen) atoms. The van der Waals surface area contributed by atoms with Gasteiger partial charge in [-0.25, -0.2) is 9.97 Å². The lowest BCUT2D eigenvalue weighted by Gasteiger charge is -2.12. The Labute approximate surface area is 215 Å². The lowest BCUT2D eigenvalue weighted by Crippen LogP contribution is -2.16. The number of aliphatic hydroxyl groups excluding tert-OH is 1. The number of rotatable bonds is 9. The number of aromatic nitrogens is 4. The van der Waals surface area contributed by atoms with Gasteiger partial charge in [0.1, 0.15) is 23.8 Å². The van der Waals surface area contributed by atoms with Gasteiger partial charge in [0, 0.05) is 41.1 Å². The number of methoxy groups -OCH3 is 1. The molecular formula is C28H28N6O3. The Morgan fingerprint density at radius 1 is 1.19 bits per heavy atom. The maximum atomic E-state index is 12.0. The van der Waals surface area contributed by atoms with Crippen LogP contribution >= 0.6 is 0 Å². The van der Waals surface area contributed by atoms with Gasteiger partial charge in [-0.2, -0.15) is 10.4 Å². The summed E-state index contributed by atoms with van der Waals surface area (Å²) in [7, 11) is 1.61. The number of nitrogens with one attached hydrogen (secondary N) is 1. The zero-order valence-electron chi connectivity index (χ0n) is 21.2. The van der Waals surface area contributed by atoms with E-state index in [9.17, 15) is 15.2 Å². The fraction of sp³-hybridized carbons (Fsp3) is 0.250. The molecule has 2 heterocycles. The van der Waals surface area contributed by atoms with Crippen LogP contribution in [-0.4, -0.2) is 50.4 Å². The van der Waals surface area contributed by atoms with Crippen LogP contribution in [0.15, 0.2) is 54.7 Å². The van der Waals surface area contributed by atoms with Crippen molar-refractivity contribution in [2.45, 2.75) is 33.4 Å². The van der Waals surface area contributed by atoms with Crippen LogP contribution in [0.25, 0.3) is 33.9 Å². The molecule has 9 heteroatoms. The van der Waals surface area contributed by atoms with Gasteiger partial charge in [-0.15, -0.1) is 0 Å². The number of carbonyl (C=O) groups is 1. The highest BCUT2D eigenvalue weighted by atomic mass is 16.5. The van der Waals surface area contributed by atoms with Crippen molar-refractivity contribution in [3.05, 3.63) is 65.9 Å². The molecule has 0 saturated carbocycles. The van der Waals surface area contributed by atoms with Crippen molar-refractivity contribution in [3.8, 4) is 45.7 Å².